The summed E-state index contributed by atoms with van der Waals surface area (Å²) in [5.41, 5.74) is 4.45. The van der Waals surface area contributed by atoms with E-state index in [4.69, 9.17) is 0 Å². The fourth-order valence-electron chi connectivity index (χ4n) is 2.70. The van der Waals surface area contributed by atoms with Crippen LogP contribution in [0.3, 0.4) is 0 Å². The van der Waals surface area contributed by atoms with Crippen LogP contribution < -0.4 is 5.32 Å². The lowest BCUT2D eigenvalue weighted by Gasteiger charge is -2.25. The molecule has 1 unspecified atom stereocenters. The van der Waals surface area contributed by atoms with E-state index in [9.17, 15) is 5.11 Å². The molecule has 0 bridgehead atoms. The summed E-state index contributed by atoms with van der Waals surface area (Å²) in [7, 11) is 0. The summed E-state index contributed by atoms with van der Waals surface area (Å²) in [6.07, 6.45) is 2.91. The normalized spacial score (nSPS) is 17.2. The molecule has 1 aliphatic rings. The second-order valence-electron chi connectivity index (χ2n) is 5.07. The van der Waals surface area contributed by atoms with E-state index in [0.717, 1.165) is 33.9 Å². The number of aryl methyl sites for hydroxylation is 1. The van der Waals surface area contributed by atoms with Gasteiger partial charge in [0.2, 0.25) is 0 Å². The summed E-state index contributed by atoms with van der Waals surface area (Å²) in [6.45, 7) is 1.96. The number of hydrogen-bond acceptors (Lipinski definition) is 4. The highest BCUT2D eigenvalue weighted by atomic mass is 16.3. The van der Waals surface area contributed by atoms with Gasteiger partial charge in [-0.25, -0.2) is 4.98 Å². The first kappa shape index (κ1) is 12.1. The lowest BCUT2D eigenvalue weighted by Crippen LogP contribution is -2.26. The van der Waals surface area contributed by atoms with Gasteiger partial charge in [0.1, 0.15) is 5.82 Å². The Kier molecular flexibility index (Phi) is 2.55. The molecule has 0 radical (unpaired) electrons. The predicted octanol–water partition coefficient (Wildman–Crippen LogP) is 2.32. The van der Waals surface area contributed by atoms with Crippen LogP contribution in [0, 0.1) is 6.92 Å². The molecule has 0 fully saturated rings. The standard InChI is InChI=1S/C16H14N4O/c1-10-12-9-13(11-5-3-2-4-6-11)16(21)19-15(12)20-14(18-10)7-8-17-20/h2-9,16,19,21H,1H3. The van der Waals surface area contributed by atoms with Crippen molar-refractivity contribution in [2.75, 3.05) is 5.32 Å². The third kappa shape index (κ3) is 1.82. The van der Waals surface area contributed by atoms with Crippen molar-refractivity contribution in [2.24, 2.45) is 0 Å². The van der Waals surface area contributed by atoms with E-state index in [1.165, 1.54) is 0 Å². The first-order chi connectivity index (χ1) is 10.2. The molecule has 2 N–H and O–H groups in total. The van der Waals surface area contributed by atoms with Gasteiger partial charge in [-0.15, -0.1) is 0 Å². The molecule has 1 aromatic carbocycles. The van der Waals surface area contributed by atoms with Crippen LogP contribution in [0.1, 0.15) is 16.8 Å². The number of rotatable bonds is 1. The summed E-state index contributed by atoms with van der Waals surface area (Å²) >= 11 is 0. The number of aromatic nitrogens is 3. The third-order valence-electron chi connectivity index (χ3n) is 3.74. The highest BCUT2D eigenvalue weighted by Crippen LogP contribution is 2.32. The predicted molar refractivity (Wildman–Crippen MR) is 81.7 cm³/mol. The summed E-state index contributed by atoms with van der Waals surface area (Å²) in [5.74, 6) is 0.773. The number of hydrogen-bond donors (Lipinski definition) is 2. The molecule has 3 heterocycles. The van der Waals surface area contributed by atoms with Crippen LogP contribution in [0.25, 0.3) is 17.3 Å². The Morgan fingerprint density at radius 1 is 1.19 bits per heavy atom. The summed E-state index contributed by atoms with van der Waals surface area (Å²) in [5, 5.41) is 17.8. The van der Waals surface area contributed by atoms with Crippen LogP contribution in [0.5, 0.6) is 0 Å². The van der Waals surface area contributed by atoms with E-state index >= 15 is 0 Å². The van der Waals surface area contributed by atoms with Crippen molar-refractivity contribution in [3.8, 4) is 0 Å². The molecule has 0 saturated carbocycles. The maximum Gasteiger partial charge on any atom is 0.157 e. The number of benzene rings is 1. The molecule has 21 heavy (non-hydrogen) atoms. The van der Waals surface area contributed by atoms with Gasteiger partial charge in [0, 0.05) is 17.2 Å². The first-order valence-electron chi connectivity index (χ1n) is 6.80. The molecule has 5 nitrogen and oxygen atoms in total. The highest BCUT2D eigenvalue weighted by Gasteiger charge is 2.23. The molecule has 5 heteroatoms. The van der Waals surface area contributed by atoms with Gasteiger partial charge >= 0.3 is 0 Å². The van der Waals surface area contributed by atoms with Gasteiger partial charge in [0.25, 0.3) is 0 Å². The second kappa shape index (κ2) is 4.43. The monoisotopic (exact) mass is 278 g/mol. The smallest absolute Gasteiger partial charge is 0.157 e. The lowest BCUT2D eigenvalue weighted by atomic mass is 9.98. The fraction of sp³-hybridized carbons (Fsp3) is 0.125. The molecule has 0 saturated heterocycles. The van der Waals surface area contributed by atoms with Crippen molar-refractivity contribution in [2.45, 2.75) is 13.2 Å². The summed E-state index contributed by atoms with van der Waals surface area (Å²) in [6, 6.07) is 11.7. The number of aliphatic hydroxyl groups is 1. The lowest BCUT2D eigenvalue weighted by molar-refractivity contribution is 0.260. The fourth-order valence-corrected chi connectivity index (χ4v) is 2.70. The zero-order chi connectivity index (χ0) is 14.4. The second-order valence-corrected chi connectivity index (χ2v) is 5.07. The average Bonchev–Trinajstić information content (AvgIpc) is 2.96. The molecule has 2 aromatic heterocycles. The highest BCUT2D eigenvalue weighted by molar-refractivity contribution is 5.91. The summed E-state index contributed by atoms with van der Waals surface area (Å²) in [4.78, 5) is 4.54. The van der Waals surface area contributed by atoms with Crippen molar-refractivity contribution in [3.63, 3.8) is 0 Å². The zero-order valence-electron chi connectivity index (χ0n) is 11.5. The molecule has 0 aliphatic carbocycles. The molecule has 1 aliphatic heterocycles. The van der Waals surface area contributed by atoms with Gasteiger partial charge in [0.15, 0.2) is 11.9 Å². The van der Waals surface area contributed by atoms with E-state index < -0.39 is 6.23 Å². The number of fused-ring (bicyclic) bond motifs is 3. The van der Waals surface area contributed by atoms with Gasteiger partial charge in [0.05, 0.1) is 11.9 Å². The van der Waals surface area contributed by atoms with E-state index in [1.807, 2.05) is 49.4 Å². The van der Waals surface area contributed by atoms with E-state index in [1.54, 1.807) is 10.7 Å². The molecule has 4 rings (SSSR count). The van der Waals surface area contributed by atoms with E-state index in [2.05, 4.69) is 15.4 Å². The Morgan fingerprint density at radius 2 is 2.00 bits per heavy atom. The van der Waals surface area contributed by atoms with E-state index in [0.29, 0.717) is 0 Å². The SMILES string of the molecule is Cc1nc2ccnn2c2c1C=C(c1ccccc1)C(O)N2. The maximum absolute atomic E-state index is 10.4. The number of aliphatic hydroxyl groups excluding tert-OH is 1. The number of nitrogens with one attached hydrogen (secondary N) is 1. The van der Waals surface area contributed by atoms with E-state index in [-0.39, 0.29) is 0 Å². The minimum atomic E-state index is -0.769. The van der Waals surface area contributed by atoms with Crippen molar-refractivity contribution in [1.82, 2.24) is 14.6 Å². The summed E-state index contributed by atoms with van der Waals surface area (Å²) < 4.78 is 1.71. The van der Waals surface area contributed by atoms with Gasteiger partial charge < -0.3 is 10.4 Å². The van der Waals surface area contributed by atoms with Crippen LogP contribution in [0.15, 0.2) is 42.6 Å². The van der Waals surface area contributed by atoms with Crippen LogP contribution in [0.4, 0.5) is 5.82 Å². The van der Waals surface area contributed by atoms with Crippen molar-refractivity contribution < 1.29 is 5.11 Å². The molecule has 1 atom stereocenters. The molecular formula is C16H14N4O. The topological polar surface area (TPSA) is 62.5 Å². The first-order valence-corrected chi connectivity index (χ1v) is 6.80. The Balaban J connectivity index is 1.96. The molecule has 104 valence electrons. The van der Waals surface area contributed by atoms with Crippen LogP contribution in [0.2, 0.25) is 0 Å². The Hall–Kier alpha value is -2.66. The Labute approximate surface area is 121 Å². The van der Waals surface area contributed by atoms with Crippen LogP contribution in [-0.4, -0.2) is 25.9 Å². The van der Waals surface area contributed by atoms with Crippen LogP contribution in [-0.2, 0) is 0 Å². The van der Waals surface area contributed by atoms with Gasteiger partial charge in [-0.2, -0.15) is 9.61 Å². The molecule has 3 aromatic rings. The largest absolute Gasteiger partial charge is 0.369 e. The maximum atomic E-state index is 10.4. The van der Waals surface area contributed by atoms with Crippen molar-refractivity contribution >= 4 is 23.1 Å². The van der Waals surface area contributed by atoms with Gasteiger partial charge in [-0.1, -0.05) is 30.3 Å². The number of anilines is 1. The quantitative estimate of drug-likeness (QED) is 0.717. The molecule has 0 spiro atoms. The molecule has 0 amide bonds. The average molecular weight is 278 g/mol. The van der Waals surface area contributed by atoms with Crippen molar-refractivity contribution in [3.05, 3.63) is 59.4 Å². The number of nitrogens with zero attached hydrogens (tertiary/aromatic N) is 3. The third-order valence-corrected chi connectivity index (χ3v) is 3.74. The molecular weight excluding hydrogens is 264 g/mol. The minimum absolute atomic E-state index is 0.766. The minimum Gasteiger partial charge on any atom is -0.369 e. The van der Waals surface area contributed by atoms with Gasteiger partial charge in [-0.3, -0.25) is 0 Å². The Morgan fingerprint density at radius 3 is 2.81 bits per heavy atom. The van der Waals surface area contributed by atoms with Crippen molar-refractivity contribution in [1.29, 1.82) is 0 Å². The van der Waals surface area contributed by atoms with Gasteiger partial charge in [-0.05, 0) is 18.6 Å². The Bertz CT molecular complexity index is 851. The zero-order valence-corrected chi connectivity index (χ0v) is 11.5. The van der Waals surface area contributed by atoms with Crippen LogP contribution >= 0.6 is 0 Å².